The summed E-state index contributed by atoms with van der Waals surface area (Å²) in [6.07, 6.45) is -4.49. The molecule has 0 radical (unpaired) electrons. The molecule has 0 spiro atoms. The first-order chi connectivity index (χ1) is 14.4. The van der Waals surface area contributed by atoms with Gasteiger partial charge in [-0.3, -0.25) is 0 Å². The van der Waals surface area contributed by atoms with Crippen LogP contribution in [0, 0.1) is 6.92 Å². The summed E-state index contributed by atoms with van der Waals surface area (Å²) in [5.74, 6) is 0. The van der Waals surface area contributed by atoms with Crippen LogP contribution < -0.4 is 0 Å². The summed E-state index contributed by atoms with van der Waals surface area (Å²) < 4.78 is 41.5. The Morgan fingerprint density at radius 1 is 0.767 bits per heavy atom. The molecule has 2 nitrogen and oxygen atoms in total. The van der Waals surface area contributed by atoms with E-state index in [4.69, 9.17) is 0 Å². The smallest absolute Gasteiger partial charge is 0.166 e. The normalized spacial score (nSPS) is 12.0. The fourth-order valence-corrected chi connectivity index (χ4v) is 4.56. The maximum absolute atomic E-state index is 13.8. The maximum atomic E-state index is 13.8. The van der Waals surface area contributed by atoms with E-state index in [1.807, 2.05) is 53.9 Å². The highest BCUT2D eigenvalue weighted by Crippen LogP contribution is 2.42. The van der Waals surface area contributed by atoms with Gasteiger partial charge < -0.3 is 0 Å². The fourth-order valence-electron chi connectivity index (χ4n) is 3.84. The standard InChI is InChI=1S/C24H15F3N2S/c1-14-6-4-9-19(24(25,26)27)21(14)23-18-13-16-8-3-2-7-15(16)12-17(18)22(28-29-23)20-10-5-11-30-20/h2-13H,1H3. The van der Waals surface area contributed by atoms with E-state index in [0.29, 0.717) is 16.6 Å². The Balaban J connectivity index is 1.92. The molecule has 0 fully saturated rings. The van der Waals surface area contributed by atoms with Crippen LogP contribution in [0.1, 0.15) is 11.1 Å². The van der Waals surface area contributed by atoms with Gasteiger partial charge >= 0.3 is 6.18 Å². The first kappa shape index (κ1) is 18.8. The average Bonchev–Trinajstić information content (AvgIpc) is 3.25. The molecule has 0 saturated carbocycles. The van der Waals surface area contributed by atoms with Gasteiger partial charge in [0.15, 0.2) is 0 Å². The Kier molecular flexibility index (Phi) is 4.33. The number of aryl methyl sites for hydroxylation is 1. The summed E-state index contributed by atoms with van der Waals surface area (Å²) in [7, 11) is 0. The molecule has 0 atom stereocenters. The van der Waals surface area contributed by atoms with Crippen LogP contribution in [-0.2, 0) is 6.18 Å². The number of hydrogen-bond donors (Lipinski definition) is 0. The first-order valence-corrected chi connectivity index (χ1v) is 10.2. The lowest BCUT2D eigenvalue weighted by Crippen LogP contribution is -2.09. The van der Waals surface area contributed by atoms with Gasteiger partial charge in [-0.2, -0.15) is 13.2 Å². The van der Waals surface area contributed by atoms with Crippen LogP contribution in [0.3, 0.4) is 0 Å². The zero-order chi connectivity index (χ0) is 20.9. The first-order valence-electron chi connectivity index (χ1n) is 9.34. The molecule has 30 heavy (non-hydrogen) atoms. The molecule has 148 valence electrons. The van der Waals surface area contributed by atoms with E-state index in [1.54, 1.807) is 13.0 Å². The molecule has 0 bridgehead atoms. The predicted molar refractivity (Wildman–Crippen MR) is 116 cm³/mol. The zero-order valence-electron chi connectivity index (χ0n) is 15.9. The molecular formula is C24H15F3N2S. The number of rotatable bonds is 2. The average molecular weight is 420 g/mol. The van der Waals surface area contributed by atoms with Gasteiger partial charge in [0.2, 0.25) is 0 Å². The van der Waals surface area contributed by atoms with Crippen molar-refractivity contribution in [2.75, 3.05) is 0 Å². The summed E-state index contributed by atoms with van der Waals surface area (Å²) in [6.45, 7) is 1.67. The Morgan fingerprint density at radius 3 is 2.07 bits per heavy atom. The lowest BCUT2D eigenvalue weighted by molar-refractivity contribution is -0.137. The Hall–Kier alpha value is -3.25. The molecular weight excluding hydrogens is 405 g/mol. The molecule has 2 heterocycles. The Morgan fingerprint density at radius 2 is 1.43 bits per heavy atom. The van der Waals surface area contributed by atoms with Crippen LogP contribution >= 0.6 is 11.3 Å². The number of fused-ring (bicyclic) bond motifs is 2. The predicted octanol–water partition coefficient (Wildman–Crippen LogP) is 7.51. The molecule has 6 heteroatoms. The third-order valence-electron chi connectivity index (χ3n) is 5.22. The van der Waals surface area contributed by atoms with Gasteiger partial charge in [0, 0.05) is 16.3 Å². The minimum absolute atomic E-state index is 0.0792. The van der Waals surface area contributed by atoms with Crippen molar-refractivity contribution in [3.63, 3.8) is 0 Å². The highest BCUT2D eigenvalue weighted by atomic mass is 32.1. The summed E-state index contributed by atoms with van der Waals surface area (Å²) in [4.78, 5) is 0.926. The summed E-state index contributed by atoms with van der Waals surface area (Å²) in [5, 5.41) is 14.1. The Labute approximate surface area is 174 Å². The summed E-state index contributed by atoms with van der Waals surface area (Å²) in [5.41, 5.74) is 0.821. The Bertz CT molecular complexity index is 1390. The minimum atomic E-state index is -4.49. The molecule has 0 saturated heterocycles. The zero-order valence-corrected chi connectivity index (χ0v) is 16.7. The SMILES string of the molecule is Cc1cccc(C(F)(F)F)c1-c1nnc(-c2cccs2)c2cc3ccccc3cc12. The summed E-state index contributed by atoms with van der Waals surface area (Å²) >= 11 is 1.53. The van der Waals surface area contributed by atoms with Crippen LogP contribution in [0.4, 0.5) is 13.2 Å². The third-order valence-corrected chi connectivity index (χ3v) is 6.09. The number of aromatic nitrogens is 2. The van der Waals surface area contributed by atoms with E-state index < -0.39 is 11.7 Å². The molecule has 2 aromatic heterocycles. The second kappa shape index (κ2) is 6.92. The molecule has 5 rings (SSSR count). The van der Waals surface area contributed by atoms with Crippen LogP contribution in [0.25, 0.3) is 43.4 Å². The van der Waals surface area contributed by atoms with Gasteiger partial charge in [0.05, 0.1) is 10.4 Å². The van der Waals surface area contributed by atoms with Crippen molar-refractivity contribution in [2.24, 2.45) is 0 Å². The lowest BCUT2D eigenvalue weighted by Gasteiger charge is -2.17. The van der Waals surface area contributed by atoms with Crippen molar-refractivity contribution in [1.82, 2.24) is 10.2 Å². The van der Waals surface area contributed by atoms with Crippen LogP contribution in [0.2, 0.25) is 0 Å². The van der Waals surface area contributed by atoms with E-state index in [-0.39, 0.29) is 11.3 Å². The second-order valence-corrected chi connectivity index (χ2v) is 8.06. The highest BCUT2D eigenvalue weighted by Gasteiger charge is 2.35. The van der Waals surface area contributed by atoms with Crippen molar-refractivity contribution in [3.8, 4) is 21.8 Å². The number of nitrogens with zero attached hydrogens (tertiary/aromatic N) is 2. The molecule has 0 N–H and O–H groups in total. The van der Waals surface area contributed by atoms with E-state index in [9.17, 15) is 13.2 Å². The number of benzene rings is 3. The van der Waals surface area contributed by atoms with E-state index >= 15 is 0 Å². The van der Waals surface area contributed by atoms with Gasteiger partial charge in [0.1, 0.15) is 11.4 Å². The minimum Gasteiger partial charge on any atom is -0.166 e. The molecule has 3 aromatic carbocycles. The monoisotopic (exact) mass is 420 g/mol. The maximum Gasteiger partial charge on any atom is 0.417 e. The molecule has 0 aliphatic heterocycles. The van der Waals surface area contributed by atoms with Gasteiger partial charge in [-0.1, -0.05) is 42.5 Å². The molecule has 0 aliphatic carbocycles. The molecule has 0 aliphatic rings. The quantitative estimate of drug-likeness (QED) is 0.276. The van der Waals surface area contributed by atoms with E-state index in [0.717, 1.165) is 27.1 Å². The van der Waals surface area contributed by atoms with Crippen molar-refractivity contribution < 1.29 is 13.2 Å². The summed E-state index contributed by atoms with van der Waals surface area (Å²) in [6, 6.07) is 19.8. The highest BCUT2D eigenvalue weighted by molar-refractivity contribution is 7.13. The van der Waals surface area contributed by atoms with Crippen molar-refractivity contribution >= 4 is 32.9 Å². The molecule has 0 unspecified atom stereocenters. The van der Waals surface area contributed by atoms with E-state index in [1.165, 1.54) is 17.4 Å². The largest absolute Gasteiger partial charge is 0.417 e. The number of thiophene rings is 1. The number of halogens is 3. The van der Waals surface area contributed by atoms with Crippen LogP contribution in [0.15, 0.2) is 72.1 Å². The molecule has 5 aromatic rings. The van der Waals surface area contributed by atoms with Crippen LogP contribution in [0.5, 0.6) is 0 Å². The van der Waals surface area contributed by atoms with E-state index in [2.05, 4.69) is 10.2 Å². The van der Waals surface area contributed by atoms with Gasteiger partial charge in [-0.25, -0.2) is 0 Å². The van der Waals surface area contributed by atoms with Gasteiger partial charge in [-0.15, -0.1) is 21.5 Å². The fraction of sp³-hybridized carbons (Fsp3) is 0.0833. The second-order valence-electron chi connectivity index (χ2n) is 7.11. The van der Waals surface area contributed by atoms with Crippen molar-refractivity contribution in [2.45, 2.75) is 13.1 Å². The van der Waals surface area contributed by atoms with Crippen molar-refractivity contribution in [1.29, 1.82) is 0 Å². The molecule has 0 amide bonds. The number of alkyl halides is 3. The topological polar surface area (TPSA) is 25.8 Å². The lowest BCUT2D eigenvalue weighted by atomic mass is 9.93. The van der Waals surface area contributed by atoms with Crippen LogP contribution in [-0.4, -0.2) is 10.2 Å². The number of hydrogen-bond acceptors (Lipinski definition) is 3. The van der Waals surface area contributed by atoms with Gasteiger partial charge in [0.25, 0.3) is 0 Å². The third kappa shape index (κ3) is 3.04. The van der Waals surface area contributed by atoms with Gasteiger partial charge in [-0.05, 0) is 52.9 Å². The van der Waals surface area contributed by atoms with Crippen molar-refractivity contribution in [3.05, 3.63) is 83.2 Å².